The number of nitrogens with zero attached hydrogens (tertiary/aromatic N) is 2. The molecule has 2 heterocycles. The van der Waals surface area contributed by atoms with Gasteiger partial charge in [0.1, 0.15) is 10.8 Å². The first-order valence-corrected chi connectivity index (χ1v) is 7.57. The Hall–Kier alpha value is -2.27. The minimum atomic E-state index is -0.0906. The highest BCUT2D eigenvalue weighted by atomic mass is 32.1. The van der Waals surface area contributed by atoms with Gasteiger partial charge in [-0.1, -0.05) is 30.3 Å². The number of aryl methyl sites for hydroxylation is 1. The molecule has 0 aliphatic carbocycles. The molecule has 21 heavy (non-hydrogen) atoms. The smallest absolute Gasteiger partial charge is 0.254 e. The van der Waals surface area contributed by atoms with Crippen molar-refractivity contribution in [1.29, 1.82) is 0 Å². The molecule has 0 fully saturated rings. The van der Waals surface area contributed by atoms with Crippen LogP contribution in [0, 0.1) is 13.8 Å². The molecule has 1 N–H and O–H groups in total. The molecule has 3 rings (SSSR count). The first-order chi connectivity index (χ1) is 10.1. The zero-order chi connectivity index (χ0) is 14.8. The summed E-state index contributed by atoms with van der Waals surface area (Å²) in [7, 11) is 0. The Kier molecular flexibility index (Phi) is 3.66. The molecule has 0 saturated heterocycles. The Morgan fingerprint density at radius 3 is 2.57 bits per heavy atom. The normalized spacial score (nSPS) is 10.8. The summed E-state index contributed by atoms with van der Waals surface area (Å²) in [4.78, 5) is 24.0. The topological polar surface area (TPSA) is 58.6 Å². The van der Waals surface area contributed by atoms with Gasteiger partial charge in [-0.25, -0.2) is 9.97 Å². The summed E-state index contributed by atoms with van der Waals surface area (Å²) in [5, 5.41) is 2.96. The van der Waals surface area contributed by atoms with E-state index in [1.807, 2.05) is 42.6 Å². The van der Waals surface area contributed by atoms with E-state index in [9.17, 15) is 4.79 Å². The third-order valence-corrected chi connectivity index (χ3v) is 4.20. The van der Waals surface area contributed by atoms with Gasteiger partial charge in [0.2, 0.25) is 0 Å². The summed E-state index contributed by atoms with van der Waals surface area (Å²) in [6, 6.07) is 9.77. The fourth-order valence-electron chi connectivity index (χ4n) is 2.17. The van der Waals surface area contributed by atoms with Crippen molar-refractivity contribution in [3.63, 3.8) is 0 Å². The largest absolute Gasteiger partial charge is 0.310 e. The Bertz CT molecular complexity index is 821. The van der Waals surface area contributed by atoms with Gasteiger partial charge in [0.25, 0.3) is 5.56 Å². The van der Waals surface area contributed by atoms with Gasteiger partial charge < -0.3 is 4.98 Å². The lowest BCUT2D eigenvalue weighted by Crippen LogP contribution is -2.16. The van der Waals surface area contributed by atoms with Gasteiger partial charge >= 0.3 is 0 Å². The van der Waals surface area contributed by atoms with Crippen LogP contribution in [0.5, 0.6) is 0 Å². The zero-order valence-electron chi connectivity index (χ0n) is 11.9. The monoisotopic (exact) mass is 297 g/mol. The third-order valence-electron chi connectivity index (χ3n) is 3.23. The van der Waals surface area contributed by atoms with E-state index < -0.39 is 0 Å². The molecule has 0 amide bonds. The van der Waals surface area contributed by atoms with Crippen LogP contribution in [-0.2, 0) is 6.42 Å². The van der Waals surface area contributed by atoms with Crippen LogP contribution in [0.1, 0.15) is 22.1 Å². The van der Waals surface area contributed by atoms with Crippen molar-refractivity contribution in [2.75, 3.05) is 0 Å². The van der Waals surface area contributed by atoms with Crippen LogP contribution >= 0.6 is 11.3 Å². The van der Waals surface area contributed by atoms with Gasteiger partial charge in [-0.15, -0.1) is 11.3 Å². The maximum Gasteiger partial charge on any atom is 0.254 e. The molecule has 2 aromatic heterocycles. The predicted octanol–water partition coefficient (Wildman–Crippen LogP) is 3.10. The van der Waals surface area contributed by atoms with Crippen LogP contribution in [-0.4, -0.2) is 15.0 Å². The molecule has 0 radical (unpaired) electrons. The molecular weight excluding hydrogens is 282 g/mol. The van der Waals surface area contributed by atoms with Gasteiger partial charge in [-0.05, 0) is 13.8 Å². The molecule has 0 aliphatic heterocycles. The van der Waals surface area contributed by atoms with Gasteiger partial charge in [0, 0.05) is 22.2 Å². The maximum absolute atomic E-state index is 12.1. The van der Waals surface area contributed by atoms with Crippen LogP contribution in [0.2, 0.25) is 0 Å². The van der Waals surface area contributed by atoms with E-state index in [1.165, 1.54) is 0 Å². The molecule has 0 spiro atoms. The number of benzene rings is 1. The SMILES string of the molecule is Cc1csc(Cc2nc(-c3ccccc3)c(C)c(=O)[nH]2)n1. The van der Waals surface area contributed by atoms with Gasteiger partial charge in [-0.2, -0.15) is 0 Å². The maximum atomic E-state index is 12.1. The number of hydrogen-bond donors (Lipinski definition) is 1. The molecule has 0 aliphatic rings. The lowest BCUT2D eigenvalue weighted by molar-refractivity contribution is 0.924. The number of thiazole rings is 1. The fraction of sp³-hybridized carbons (Fsp3) is 0.188. The molecule has 4 nitrogen and oxygen atoms in total. The van der Waals surface area contributed by atoms with Crippen molar-refractivity contribution in [2.24, 2.45) is 0 Å². The Morgan fingerprint density at radius 1 is 1.14 bits per heavy atom. The Balaban J connectivity index is 2.04. The van der Waals surface area contributed by atoms with Crippen molar-refractivity contribution >= 4 is 11.3 Å². The summed E-state index contributed by atoms with van der Waals surface area (Å²) < 4.78 is 0. The number of H-pyrrole nitrogens is 1. The lowest BCUT2D eigenvalue weighted by Gasteiger charge is -2.07. The van der Waals surface area contributed by atoms with Gasteiger partial charge in [0.15, 0.2) is 0 Å². The van der Waals surface area contributed by atoms with Crippen LogP contribution < -0.4 is 5.56 Å². The standard InChI is InChI=1S/C16H15N3OS/c1-10-9-21-14(17-10)8-13-18-15(11(2)16(20)19-13)12-6-4-3-5-7-12/h3-7,9H,8H2,1-2H3,(H,18,19,20). The molecule has 5 heteroatoms. The number of hydrogen-bond acceptors (Lipinski definition) is 4. The average molecular weight is 297 g/mol. The van der Waals surface area contributed by atoms with Crippen LogP contribution in [0.4, 0.5) is 0 Å². The quantitative estimate of drug-likeness (QED) is 0.808. The average Bonchev–Trinajstić information content (AvgIpc) is 2.89. The first kappa shape index (κ1) is 13.7. The highest BCUT2D eigenvalue weighted by molar-refractivity contribution is 7.09. The number of nitrogens with one attached hydrogen (secondary N) is 1. The van der Waals surface area contributed by atoms with E-state index in [0.717, 1.165) is 22.0 Å². The number of aromatic amines is 1. The van der Waals surface area contributed by atoms with E-state index in [1.54, 1.807) is 18.3 Å². The summed E-state index contributed by atoms with van der Waals surface area (Å²) in [5.41, 5.74) is 3.24. The zero-order valence-corrected chi connectivity index (χ0v) is 12.7. The minimum absolute atomic E-state index is 0.0906. The van der Waals surface area contributed by atoms with Crippen LogP contribution in [0.3, 0.4) is 0 Å². The predicted molar refractivity (Wildman–Crippen MR) is 84.7 cm³/mol. The molecule has 0 unspecified atom stereocenters. The second-order valence-electron chi connectivity index (χ2n) is 4.91. The summed E-state index contributed by atoms with van der Waals surface area (Å²) in [6.45, 7) is 3.76. The highest BCUT2D eigenvalue weighted by Crippen LogP contribution is 2.19. The van der Waals surface area contributed by atoms with Gasteiger partial charge in [0.05, 0.1) is 12.1 Å². The Morgan fingerprint density at radius 2 is 1.90 bits per heavy atom. The van der Waals surface area contributed by atoms with E-state index >= 15 is 0 Å². The second kappa shape index (κ2) is 5.61. The molecule has 0 saturated carbocycles. The molecule has 106 valence electrons. The van der Waals surface area contributed by atoms with Crippen molar-refractivity contribution in [3.8, 4) is 11.3 Å². The summed E-state index contributed by atoms with van der Waals surface area (Å²) >= 11 is 1.58. The summed E-state index contributed by atoms with van der Waals surface area (Å²) in [5.74, 6) is 0.652. The van der Waals surface area contributed by atoms with Crippen molar-refractivity contribution < 1.29 is 0 Å². The van der Waals surface area contributed by atoms with E-state index in [2.05, 4.69) is 15.0 Å². The third kappa shape index (κ3) is 2.92. The van der Waals surface area contributed by atoms with Crippen molar-refractivity contribution in [3.05, 3.63) is 68.2 Å². The number of rotatable bonds is 3. The number of aromatic nitrogens is 3. The molecule has 1 aromatic carbocycles. The van der Waals surface area contributed by atoms with E-state index in [4.69, 9.17) is 0 Å². The van der Waals surface area contributed by atoms with E-state index in [0.29, 0.717) is 17.8 Å². The van der Waals surface area contributed by atoms with Gasteiger partial charge in [-0.3, -0.25) is 4.79 Å². The molecule has 0 bridgehead atoms. The highest BCUT2D eigenvalue weighted by Gasteiger charge is 2.11. The fourth-order valence-corrected chi connectivity index (χ4v) is 2.94. The van der Waals surface area contributed by atoms with Crippen LogP contribution in [0.15, 0.2) is 40.5 Å². The molecule has 3 aromatic rings. The van der Waals surface area contributed by atoms with Crippen molar-refractivity contribution in [2.45, 2.75) is 20.3 Å². The lowest BCUT2D eigenvalue weighted by atomic mass is 10.1. The minimum Gasteiger partial charge on any atom is -0.310 e. The van der Waals surface area contributed by atoms with Crippen molar-refractivity contribution in [1.82, 2.24) is 15.0 Å². The summed E-state index contributed by atoms with van der Waals surface area (Å²) in [6.07, 6.45) is 0.549. The Labute approximate surface area is 126 Å². The molecular formula is C16H15N3OS. The molecule has 0 atom stereocenters. The van der Waals surface area contributed by atoms with E-state index in [-0.39, 0.29) is 5.56 Å². The second-order valence-corrected chi connectivity index (χ2v) is 5.85. The first-order valence-electron chi connectivity index (χ1n) is 6.69. The van der Waals surface area contributed by atoms with Crippen LogP contribution in [0.25, 0.3) is 11.3 Å².